The van der Waals surface area contributed by atoms with Crippen LogP contribution >= 0.6 is 0 Å². The Bertz CT molecular complexity index is 1950. The second-order valence-corrected chi connectivity index (χ2v) is 20.2. The summed E-state index contributed by atoms with van der Waals surface area (Å²) >= 11 is 0. The molecule has 0 saturated carbocycles. The quantitative estimate of drug-likeness (QED) is 0.0261. The summed E-state index contributed by atoms with van der Waals surface area (Å²) in [5.74, 6) is -1.00. The minimum absolute atomic E-state index is 0.120. The van der Waals surface area contributed by atoms with Crippen LogP contribution in [0, 0.1) is 0 Å². The van der Waals surface area contributed by atoms with E-state index < -0.39 is 6.10 Å². The van der Waals surface area contributed by atoms with Crippen molar-refractivity contribution in [1.29, 1.82) is 0 Å². The van der Waals surface area contributed by atoms with Crippen LogP contribution in [0.1, 0.15) is 239 Å². The first-order valence-corrected chi connectivity index (χ1v) is 31.9. The highest BCUT2D eigenvalue weighted by Crippen LogP contribution is 2.13. The standard InChI is InChI=1S/C75H114O6/c1-4-7-10-13-16-19-22-25-27-29-31-32-33-34-35-36-37-38-39-40-41-42-44-45-47-50-53-56-59-62-65-68-74(77)80-71-72(70-79-73(76)67-64-61-58-55-52-49-24-21-18-15-12-9-6-3)81-75(78)69-66-63-60-57-54-51-48-46-43-30-28-26-23-20-17-14-11-8-5-2/h7-12,16-21,25-28,31-32,34-35,37-38,40-41,43-46,49-50,52-53,72H,4-6,13-15,22-24,29-30,33,36,39,42,47-48,51,54-71H2,1-3H3/b10-7-,11-8-,12-9-,19-16-,20-17-,21-18-,27-25-,28-26-,32-31-,35-34-,38-37-,41-40-,45-44-,46-43-,52-49-,53-50-. The van der Waals surface area contributed by atoms with E-state index in [4.69, 9.17) is 14.2 Å². The van der Waals surface area contributed by atoms with E-state index in [9.17, 15) is 14.4 Å². The van der Waals surface area contributed by atoms with Crippen molar-refractivity contribution in [3.05, 3.63) is 194 Å². The van der Waals surface area contributed by atoms with E-state index in [2.05, 4.69) is 215 Å². The van der Waals surface area contributed by atoms with E-state index in [0.717, 1.165) is 186 Å². The van der Waals surface area contributed by atoms with Crippen molar-refractivity contribution in [3.8, 4) is 0 Å². The molecular formula is C75H114O6. The van der Waals surface area contributed by atoms with Crippen molar-refractivity contribution in [2.24, 2.45) is 0 Å². The molecule has 6 heteroatoms. The zero-order valence-corrected chi connectivity index (χ0v) is 51.5. The van der Waals surface area contributed by atoms with E-state index in [0.29, 0.717) is 12.8 Å². The second kappa shape index (κ2) is 66.8. The minimum atomic E-state index is -0.825. The maximum Gasteiger partial charge on any atom is 0.306 e. The van der Waals surface area contributed by atoms with E-state index in [1.165, 1.54) is 12.8 Å². The Kier molecular flexibility index (Phi) is 62.0. The van der Waals surface area contributed by atoms with Gasteiger partial charge >= 0.3 is 17.9 Å². The molecule has 450 valence electrons. The summed E-state index contributed by atoms with van der Waals surface area (Å²) in [5, 5.41) is 0. The molecule has 0 aromatic heterocycles. The summed E-state index contributed by atoms with van der Waals surface area (Å²) in [7, 11) is 0. The Morgan fingerprint density at radius 3 is 0.704 bits per heavy atom. The number of esters is 3. The summed E-state index contributed by atoms with van der Waals surface area (Å²) in [5.41, 5.74) is 0. The lowest BCUT2D eigenvalue weighted by atomic mass is 10.1. The molecule has 0 aliphatic heterocycles. The van der Waals surface area contributed by atoms with E-state index in [1.807, 2.05) is 0 Å². The summed E-state index contributed by atoms with van der Waals surface area (Å²) < 4.78 is 16.8. The van der Waals surface area contributed by atoms with Crippen molar-refractivity contribution >= 4 is 17.9 Å². The molecule has 6 nitrogen and oxygen atoms in total. The average Bonchev–Trinajstić information content (AvgIpc) is 3.46. The number of rotatable bonds is 55. The van der Waals surface area contributed by atoms with Crippen LogP contribution in [0.5, 0.6) is 0 Å². The molecule has 0 N–H and O–H groups in total. The molecule has 0 amide bonds. The lowest BCUT2D eigenvalue weighted by Gasteiger charge is -2.18. The zero-order valence-electron chi connectivity index (χ0n) is 51.5. The van der Waals surface area contributed by atoms with Gasteiger partial charge in [0.05, 0.1) is 0 Å². The molecule has 0 aliphatic rings. The van der Waals surface area contributed by atoms with Crippen LogP contribution < -0.4 is 0 Å². The molecule has 0 rings (SSSR count). The number of hydrogen-bond donors (Lipinski definition) is 0. The Hall–Kier alpha value is -5.75. The van der Waals surface area contributed by atoms with Gasteiger partial charge in [0.2, 0.25) is 0 Å². The van der Waals surface area contributed by atoms with Gasteiger partial charge in [-0.3, -0.25) is 14.4 Å². The molecule has 0 aromatic rings. The van der Waals surface area contributed by atoms with Crippen LogP contribution in [-0.4, -0.2) is 37.2 Å². The van der Waals surface area contributed by atoms with Crippen molar-refractivity contribution in [2.45, 2.75) is 245 Å². The minimum Gasteiger partial charge on any atom is -0.462 e. The van der Waals surface area contributed by atoms with E-state index in [1.54, 1.807) is 0 Å². The van der Waals surface area contributed by atoms with Gasteiger partial charge in [-0.05, 0) is 161 Å². The van der Waals surface area contributed by atoms with Gasteiger partial charge < -0.3 is 14.2 Å². The highest BCUT2D eigenvalue weighted by atomic mass is 16.6. The van der Waals surface area contributed by atoms with Gasteiger partial charge in [0, 0.05) is 19.3 Å². The summed E-state index contributed by atoms with van der Waals surface area (Å²) in [6.45, 7) is 6.21. The molecule has 0 heterocycles. The Labute approximate surface area is 497 Å². The SMILES string of the molecule is CC/C=C\C/C=C\C/C=C\C/C=C\C/C=C\C/C=C\C/C=C\C/C=C\C/C=C\CCCCCC(=O)OCC(COC(=O)CCCCC/C=C\C/C=C\C/C=C\CC)OC(=O)CCCCCCCC/C=C\C/C=C\C/C=C\C/C=C\CC. The van der Waals surface area contributed by atoms with E-state index >= 15 is 0 Å². The third-order valence-electron chi connectivity index (χ3n) is 12.6. The normalized spacial score (nSPS) is 13.5. The highest BCUT2D eigenvalue weighted by molar-refractivity contribution is 5.71. The fourth-order valence-corrected chi connectivity index (χ4v) is 7.91. The van der Waals surface area contributed by atoms with Crippen LogP contribution in [0.3, 0.4) is 0 Å². The Morgan fingerprint density at radius 2 is 0.444 bits per heavy atom. The largest absolute Gasteiger partial charge is 0.462 e. The maximum atomic E-state index is 12.9. The zero-order chi connectivity index (χ0) is 58.5. The molecule has 1 unspecified atom stereocenters. The van der Waals surface area contributed by atoms with Crippen LogP contribution in [-0.2, 0) is 28.6 Å². The molecule has 1 atom stereocenters. The summed E-state index contributed by atoms with van der Waals surface area (Å²) in [4.78, 5) is 38.3. The first-order chi connectivity index (χ1) is 40.0. The number of allylic oxidation sites excluding steroid dienone is 32. The lowest BCUT2D eigenvalue weighted by Crippen LogP contribution is -2.30. The first-order valence-electron chi connectivity index (χ1n) is 31.9. The van der Waals surface area contributed by atoms with Gasteiger partial charge in [-0.15, -0.1) is 0 Å². The fourth-order valence-electron chi connectivity index (χ4n) is 7.91. The van der Waals surface area contributed by atoms with Gasteiger partial charge in [-0.25, -0.2) is 0 Å². The molecule has 0 radical (unpaired) electrons. The predicted molar refractivity (Wildman–Crippen MR) is 352 cm³/mol. The highest BCUT2D eigenvalue weighted by Gasteiger charge is 2.19. The van der Waals surface area contributed by atoms with Crippen molar-refractivity contribution in [2.75, 3.05) is 13.2 Å². The molecule has 0 fully saturated rings. The number of ether oxygens (including phenoxy) is 3. The topological polar surface area (TPSA) is 78.9 Å². The molecule has 0 aliphatic carbocycles. The number of hydrogen-bond acceptors (Lipinski definition) is 6. The third-order valence-corrected chi connectivity index (χ3v) is 12.6. The van der Waals surface area contributed by atoms with Gasteiger partial charge in [-0.2, -0.15) is 0 Å². The molecule has 0 aromatic carbocycles. The summed E-state index contributed by atoms with van der Waals surface area (Å²) in [6, 6.07) is 0. The monoisotopic (exact) mass is 1110 g/mol. The average molecular weight is 1110 g/mol. The fraction of sp³-hybridized carbons (Fsp3) is 0.533. The number of carbonyl (C=O) groups excluding carboxylic acids is 3. The second-order valence-electron chi connectivity index (χ2n) is 20.2. The molecule has 0 bridgehead atoms. The summed E-state index contributed by atoms with van der Waals surface area (Å²) in [6.07, 6.45) is 102. The van der Waals surface area contributed by atoms with Crippen LogP contribution in [0.4, 0.5) is 0 Å². The lowest BCUT2D eigenvalue weighted by molar-refractivity contribution is -0.167. The van der Waals surface area contributed by atoms with Gasteiger partial charge in [0.15, 0.2) is 6.10 Å². The van der Waals surface area contributed by atoms with Crippen molar-refractivity contribution in [3.63, 3.8) is 0 Å². The van der Waals surface area contributed by atoms with Crippen molar-refractivity contribution in [1.82, 2.24) is 0 Å². The number of carbonyl (C=O) groups is 3. The Balaban J connectivity index is 4.46. The smallest absolute Gasteiger partial charge is 0.306 e. The maximum absolute atomic E-state index is 12.9. The molecule has 81 heavy (non-hydrogen) atoms. The van der Waals surface area contributed by atoms with Crippen LogP contribution in [0.2, 0.25) is 0 Å². The van der Waals surface area contributed by atoms with Crippen molar-refractivity contribution < 1.29 is 28.6 Å². The predicted octanol–water partition coefficient (Wildman–Crippen LogP) is 22.2. The van der Waals surface area contributed by atoms with Crippen LogP contribution in [0.25, 0.3) is 0 Å². The molecule has 0 saturated heterocycles. The van der Waals surface area contributed by atoms with Gasteiger partial charge in [0.25, 0.3) is 0 Å². The number of unbranched alkanes of at least 4 members (excludes halogenated alkanes) is 12. The Morgan fingerprint density at radius 1 is 0.247 bits per heavy atom. The van der Waals surface area contributed by atoms with Gasteiger partial charge in [-0.1, -0.05) is 254 Å². The third kappa shape index (κ3) is 64.9. The van der Waals surface area contributed by atoms with Crippen LogP contribution in [0.15, 0.2) is 194 Å². The first kappa shape index (κ1) is 75.2. The van der Waals surface area contributed by atoms with E-state index in [-0.39, 0.29) is 37.5 Å². The molecular weight excluding hydrogens is 997 g/mol. The van der Waals surface area contributed by atoms with Gasteiger partial charge in [0.1, 0.15) is 13.2 Å². The molecule has 0 spiro atoms.